The summed E-state index contributed by atoms with van der Waals surface area (Å²) < 4.78 is 10.7. The molecule has 1 aliphatic rings. The van der Waals surface area contributed by atoms with E-state index in [1.807, 2.05) is 0 Å². The van der Waals surface area contributed by atoms with E-state index in [9.17, 15) is 0 Å². The number of hydrogen-bond donors (Lipinski definition) is 2. The third kappa shape index (κ3) is 3.93. The van der Waals surface area contributed by atoms with Crippen molar-refractivity contribution < 1.29 is 9.47 Å². The van der Waals surface area contributed by atoms with Crippen molar-refractivity contribution in [1.82, 2.24) is 15.0 Å². The van der Waals surface area contributed by atoms with E-state index in [4.69, 9.17) is 9.47 Å². The Morgan fingerprint density at radius 1 is 1.30 bits per heavy atom. The number of anilines is 2. The summed E-state index contributed by atoms with van der Waals surface area (Å²) in [7, 11) is 1.55. The average Bonchev–Trinajstić information content (AvgIpc) is 2.45. The molecule has 0 radical (unpaired) electrons. The van der Waals surface area contributed by atoms with Crippen LogP contribution in [0.1, 0.15) is 33.1 Å². The molecule has 0 aromatic carbocycles. The first-order chi connectivity index (χ1) is 9.65. The topological polar surface area (TPSA) is 81.2 Å². The van der Waals surface area contributed by atoms with Crippen molar-refractivity contribution in [3.05, 3.63) is 0 Å². The fraction of sp³-hybridized carbons (Fsp3) is 0.769. The minimum absolute atomic E-state index is 0.146. The van der Waals surface area contributed by atoms with Crippen molar-refractivity contribution in [2.24, 2.45) is 0 Å². The molecule has 1 aliphatic heterocycles. The summed E-state index contributed by atoms with van der Waals surface area (Å²) in [4.78, 5) is 12.8. The molecule has 0 aliphatic carbocycles. The molecule has 1 fully saturated rings. The summed E-state index contributed by atoms with van der Waals surface area (Å²) in [6.45, 7) is 6.49. The molecule has 20 heavy (non-hydrogen) atoms. The summed E-state index contributed by atoms with van der Waals surface area (Å²) >= 11 is 0. The number of aromatic nitrogens is 3. The van der Waals surface area contributed by atoms with Crippen molar-refractivity contribution >= 4 is 11.9 Å². The normalized spacial score (nSPS) is 22.4. The van der Waals surface area contributed by atoms with Crippen molar-refractivity contribution in [2.75, 3.05) is 37.5 Å². The Hall–Kier alpha value is -1.63. The zero-order valence-corrected chi connectivity index (χ0v) is 12.4. The second-order valence-electron chi connectivity index (χ2n) is 5.24. The van der Waals surface area contributed by atoms with Gasteiger partial charge in [0, 0.05) is 13.2 Å². The van der Waals surface area contributed by atoms with E-state index in [1.54, 1.807) is 7.11 Å². The van der Waals surface area contributed by atoms with Crippen LogP contribution in [0.3, 0.4) is 0 Å². The third-order valence-corrected chi connectivity index (χ3v) is 3.18. The molecule has 1 unspecified atom stereocenters. The van der Waals surface area contributed by atoms with Crippen LogP contribution in [0.5, 0.6) is 6.01 Å². The van der Waals surface area contributed by atoms with Gasteiger partial charge < -0.3 is 20.1 Å². The molecule has 1 atom stereocenters. The predicted octanol–water partition coefficient (Wildman–Crippen LogP) is 1.68. The van der Waals surface area contributed by atoms with Gasteiger partial charge in [-0.15, -0.1) is 0 Å². The molecule has 7 heteroatoms. The number of methoxy groups -OCH3 is 1. The minimum Gasteiger partial charge on any atom is -0.467 e. The molecular weight excluding hydrogens is 258 g/mol. The highest BCUT2D eigenvalue weighted by atomic mass is 16.5. The molecule has 2 rings (SSSR count). The Kier molecular flexibility index (Phi) is 4.94. The van der Waals surface area contributed by atoms with Gasteiger partial charge in [-0.2, -0.15) is 15.0 Å². The van der Waals surface area contributed by atoms with Crippen LogP contribution in [0.4, 0.5) is 11.9 Å². The lowest BCUT2D eigenvalue weighted by Crippen LogP contribution is -2.43. The molecule has 0 bridgehead atoms. The summed E-state index contributed by atoms with van der Waals surface area (Å²) in [5.74, 6) is 1.05. The number of ether oxygens (including phenoxy) is 2. The van der Waals surface area contributed by atoms with Gasteiger partial charge in [-0.1, -0.05) is 6.92 Å². The molecule has 2 N–H and O–H groups in total. The zero-order valence-electron chi connectivity index (χ0n) is 12.4. The molecular formula is C13H23N5O2. The van der Waals surface area contributed by atoms with E-state index in [2.05, 4.69) is 39.4 Å². The highest BCUT2D eigenvalue weighted by Gasteiger charge is 2.28. The first-order valence-electron chi connectivity index (χ1n) is 7.05. The lowest BCUT2D eigenvalue weighted by atomic mass is 9.95. The van der Waals surface area contributed by atoms with Crippen molar-refractivity contribution in [2.45, 2.75) is 38.6 Å². The van der Waals surface area contributed by atoms with Gasteiger partial charge in [-0.25, -0.2) is 0 Å². The minimum atomic E-state index is -0.146. The number of hydrogen-bond acceptors (Lipinski definition) is 7. The van der Waals surface area contributed by atoms with Crippen LogP contribution in [-0.2, 0) is 4.74 Å². The Bertz CT molecular complexity index is 435. The zero-order chi connectivity index (χ0) is 14.4. The van der Waals surface area contributed by atoms with E-state index < -0.39 is 0 Å². The predicted molar refractivity (Wildman–Crippen MR) is 77.2 cm³/mol. The molecule has 1 saturated heterocycles. The van der Waals surface area contributed by atoms with Gasteiger partial charge >= 0.3 is 6.01 Å². The quantitative estimate of drug-likeness (QED) is 0.821. The maximum atomic E-state index is 5.53. The molecule has 2 heterocycles. The second-order valence-corrected chi connectivity index (χ2v) is 5.24. The van der Waals surface area contributed by atoms with Gasteiger partial charge in [0.2, 0.25) is 11.9 Å². The largest absolute Gasteiger partial charge is 0.467 e. The van der Waals surface area contributed by atoms with E-state index >= 15 is 0 Å². The highest BCUT2D eigenvalue weighted by molar-refractivity contribution is 5.38. The van der Waals surface area contributed by atoms with Gasteiger partial charge in [0.25, 0.3) is 0 Å². The number of nitrogens with zero attached hydrogens (tertiary/aromatic N) is 3. The van der Waals surface area contributed by atoms with Gasteiger partial charge in [-0.3, -0.25) is 0 Å². The summed E-state index contributed by atoms with van der Waals surface area (Å²) in [5.41, 5.74) is -0.146. The molecule has 112 valence electrons. The average molecular weight is 281 g/mol. The molecule has 1 aromatic heterocycles. The Morgan fingerprint density at radius 2 is 2.10 bits per heavy atom. The summed E-state index contributed by atoms with van der Waals surface area (Å²) in [5, 5.41) is 6.49. The molecule has 0 saturated carbocycles. The fourth-order valence-corrected chi connectivity index (χ4v) is 2.12. The van der Waals surface area contributed by atoms with Crippen molar-refractivity contribution in [3.63, 3.8) is 0 Å². The van der Waals surface area contributed by atoms with Crippen LogP contribution in [0.2, 0.25) is 0 Å². The maximum Gasteiger partial charge on any atom is 0.322 e. The van der Waals surface area contributed by atoms with Crippen molar-refractivity contribution in [1.29, 1.82) is 0 Å². The molecule has 0 amide bonds. The lowest BCUT2D eigenvalue weighted by Gasteiger charge is -2.34. The molecule has 1 aromatic rings. The Labute approximate surface area is 119 Å². The standard InChI is InChI=1S/C13H23N5O2/c1-4-7-14-10-15-11(17-12(16-10)19-3)18-13(2)6-5-8-20-9-13/h4-9H2,1-3H3,(H2,14,15,16,17,18). The smallest absolute Gasteiger partial charge is 0.322 e. The fourth-order valence-electron chi connectivity index (χ4n) is 2.12. The van der Waals surface area contributed by atoms with Gasteiger partial charge in [0.05, 0.1) is 19.3 Å². The van der Waals surface area contributed by atoms with Crippen LogP contribution < -0.4 is 15.4 Å². The number of rotatable bonds is 6. The van der Waals surface area contributed by atoms with Crippen LogP contribution in [0, 0.1) is 0 Å². The molecule has 7 nitrogen and oxygen atoms in total. The Balaban J connectivity index is 2.12. The van der Waals surface area contributed by atoms with Crippen LogP contribution >= 0.6 is 0 Å². The van der Waals surface area contributed by atoms with E-state index in [0.717, 1.165) is 32.4 Å². The SMILES string of the molecule is CCCNc1nc(NC2(C)CCCOC2)nc(OC)n1. The lowest BCUT2D eigenvalue weighted by molar-refractivity contribution is 0.0537. The number of nitrogens with one attached hydrogen (secondary N) is 2. The Morgan fingerprint density at radius 3 is 2.75 bits per heavy atom. The van der Waals surface area contributed by atoms with Gasteiger partial charge in [0.15, 0.2) is 0 Å². The first kappa shape index (κ1) is 14.8. The van der Waals surface area contributed by atoms with Crippen molar-refractivity contribution in [3.8, 4) is 6.01 Å². The summed E-state index contributed by atoms with van der Waals surface area (Å²) in [6.07, 6.45) is 3.06. The summed E-state index contributed by atoms with van der Waals surface area (Å²) in [6, 6.07) is 0.307. The first-order valence-corrected chi connectivity index (χ1v) is 7.05. The van der Waals surface area contributed by atoms with Gasteiger partial charge in [0.1, 0.15) is 0 Å². The highest BCUT2D eigenvalue weighted by Crippen LogP contribution is 2.23. The maximum absolute atomic E-state index is 5.53. The third-order valence-electron chi connectivity index (χ3n) is 3.18. The van der Waals surface area contributed by atoms with E-state index in [-0.39, 0.29) is 5.54 Å². The molecule has 0 spiro atoms. The van der Waals surface area contributed by atoms with Crippen LogP contribution in [0.15, 0.2) is 0 Å². The van der Waals surface area contributed by atoms with Crippen LogP contribution in [-0.4, -0.2) is 47.4 Å². The van der Waals surface area contributed by atoms with E-state index in [1.165, 1.54) is 0 Å². The monoisotopic (exact) mass is 281 g/mol. The van der Waals surface area contributed by atoms with E-state index in [0.29, 0.717) is 24.5 Å². The van der Waals surface area contributed by atoms with Gasteiger partial charge in [-0.05, 0) is 26.2 Å². The second kappa shape index (κ2) is 6.69. The van der Waals surface area contributed by atoms with Crippen LogP contribution in [0.25, 0.3) is 0 Å².